The van der Waals surface area contributed by atoms with Crippen molar-refractivity contribution in [3.05, 3.63) is 0 Å². The van der Waals surface area contributed by atoms with Crippen molar-refractivity contribution in [3.63, 3.8) is 0 Å². The largest absolute Gasteiger partial charge is 0.390 e. The van der Waals surface area contributed by atoms with E-state index in [-0.39, 0.29) is 46.8 Å². The number of ether oxygens (including phenoxy) is 3. The summed E-state index contributed by atoms with van der Waals surface area (Å²) in [7, 11) is 0. The summed E-state index contributed by atoms with van der Waals surface area (Å²) in [5, 5.41) is 21.7. The Morgan fingerprint density at radius 3 is 2.55 bits per heavy atom. The molecule has 0 radical (unpaired) electrons. The highest BCUT2D eigenvalue weighted by molar-refractivity contribution is 5.76. The van der Waals surface area contributed by atoms with E-state index < -0.39 is 6.10 Å². The number of rotatable bonds is 5. The first-order valence-electron chi connectivity index (χ1n) is 18.2. The van der Waals surface area contributed by atoms with Gasteiger partial charge in [-0.25, -0.2) is 0 Å². The Balaban J connectivity index is 1.01. The van der Waals surface area contributed by atoms with Gasteiger partial charge in [-0.2, -0.15) is 5.26 Å². The lowest BCUT2D eigenvalue weighted by atomic mass is 9.41. The van der Waals surface area contributed by atoms with Crippen LogP contribution in [0.25, 0.3) is 0 Å². The van der Waals surface area contributed by atoms with E-state index >= 15 is 0 Å². The topological polar surface area (TPSA) is 92.0 Å². The van der Waals surface area contributed by atoms with Crippen molar-refractivity contribution < 1.29 is 24.1 Å². The molecule has 2 saturated heterocycles. The molecule has 8 fully saturated rings. The molecule has 8 aliphatic rings. The van der Waals surface area contributed by atoms with Gasteiger partial charge in [0.2, 0.25) is 5.91 Å². The summed E-state index contributed by atoms with van der Waals surface area (Å²) in [6.07, 6.45) is 11.9. The molecule has 2 heterocycles. The quantitative estimate of drug-likeness (QED) is 0.407. The molecule has 0 bridgehead atoms. The van der Waals surface area contributed by atoms with E-state index in [1.165, 1.54) is 51.4 Å². The highest BCUT2D eigenvalue weighted by Crippen LogP contribution is 2.89. The van der Waals surface area contributed by atoms with Crippen LogP contribution in [0, 0.1) is 68.0 Å². The minimum Gasteiger partial charge on any atom is -0.390 e. The van der Waals surface area contributed by atoms with Crippen molar-refractivity contribution >= 4 is 5.91 Å². The summed E-state index contributed by atoms with van der Waals surface area (Å²) < 4.78 is 19.6. The van der Waals surface area contributed by atoms with Crippen LogP contribution >= 0.6 is 0 Å². The van der Waals surface area contributed by atoms with E-state index in [1.54, 1.807) is 0 Å². The summed E-state index contributed by atoms with van der Waals surface area (Å²) >= 11 is 0. The lowest BCUT2D eigenvalue weighted by Gasteiger charge is -2.64. The monoisotopic (exact) mass is 608 g/mol. The molecule has 0 aromatic heterocycles. The van der Waals surface area contributed by atoms with Crippen LogP contribution in [0.2, 0.25) is 0 Å². The number of nitrogens with zero attached hydrogens (tertiary/aromatic N) is 2. The minimum absolute atomic E-state index is 0.0302. The number of amides is 1. The van der Waals surface area contributed by atoms with E-state index in [2.05, 4.69) is 40.7 Å². The van der Waals surface area contributed by atoms with Gasteiger partial charge >= 0.3 is 0 Å². The predicted molar refractivity (Wildman–Crippen MR) is 165 cm³/mol. The Morgan fingerprint density at radius 2 is 1.80 bits per heavy atom. The van der Waals surface area contributed by atoms with E-state index in [1.807, 2.05) is 4.90 Å². The molecule has 2 aliphatic heterocycles. The molecule has 244 valence electrons. The van der Waals surface area contributed by atoms with Crippen LogP contribution in [-0.4, -0.2) is 66.3 Å². The fraction of sp³-hybridized carbons (Fsp3) is 0.946. The fourth-order valence-corrected chi connectivity index (χ4v) is 13.7. The third-order valence-corrected chi connectivity index (χ3v) is 16.0. The van der Waals surface area contributed by atoms with Crippen molar-refractivity contribution in [1.29, 1.82) is 5.26 Å². The van der Waals surface area contributed by atoms with Gasteiger partial charge in [-0.05, 0) is 115 Å². The molecule has 7 heteroatoms. The van der Waals surface area contributed by atoms with E-state index in [0.29, 0.717) is 73.0 Å². The highest BCUT2D eigenvalue weighted by atomic mass is 16.7. The molecule has 6 saturated carbocycles. The van der Waals surface area contributed by atoms with Crippen LogP contribution in [0.1, 0.15) is 112 Å². The fourth-order valence-electron chi connectivity index (χ4n) is 13.7. The number of carbonyl (C=O) groups is 1. The molecule has 13 atom stereocenters. The first kappa shape index (κ1) is 30.2. The van der Waals surface area contributed by atoms with Crippen molar-refractivity contribution in [1.82, 2.24) is 4.90 Å². The highest BCUT2D eigenvalue weighted by Gasteiger charge is 2.84. The normalized spacial score (nSPS) is 53.8. The van der Waals surface area contributed by atoms with Crippen LogP contribution in [0.3, 0.4) is 0 Å². The average Bonchev–Trinajstić information content (AvgIpc) is 3.90. The number of aliphatic hydroxyl groups excluding tert-OH is 1. The Morgan fingerprint density at radius 1 is 1.05 bits per heavy atom. The van der Waals surface area contributed by atoms with Gasteiger partial charge in [-0.1, -0.05) is 34.6 Å². The van der Waals surface area contributed by atoms with Gasteiger partial charge in [-0.15, -0.1) is 0 Å². The first-order chi connectivity index (χ1) is 20.9. The minimum atomic E-state index is -0.473. The number of carbonyl (C=O) groups excluding carboxylic acids is 1. The number of aliphatic hydroxyl groups is 1. The molecular weight excluding hydrogens is 552 g/mol. The smallest absolute Gasteiger partial charge is 0.223 e. The lowest BCUT2D eigenvalue weighted by Crippen LogP contribution is -2.60. The van der Waals surface area contributed by atoms with Crippen LogP contribution in [0.5, 0.6) is 0 Å². The standard InChI is InChI=1S/C37H56N2O5/c1-22-18-24(11-15-38)43-31-30(22)34(4)13-14-37-21-36(37)12-10-27(33(2,3)25(36)8-9-26(37)35(34,5)32(31)41)44-29-20-39(16-17-42-29)28(40)19-23-6-7-23/h22-27,29-32,41H,6-14,16-21H2,1-5H3/t22-,24?,25+,26?,27+,29+,30+,31?,32+,34-,35-,36-,37?/m1/s1. The second kappa shape index (κ2) is 9.91. The number of nitriles is 1. The molecule has 0 aromatic carbocycles. The zero-order valence-corrected chi connectivity index (χ0v) is 27.9. The van der Waals surface area contributed by atoms with Crippen molar-refractivity contribution in [3.8, 4) is 6.07 Å². The molecule has 1 N–H and O–H groups in total. The van der Waals surface area contributed by atoms with Gasteiger partial charge in [0, 0.05) is 18.4 Å². The molecule has 1 amide bonds. The lowest BCUT2D eigenvalue weighted by molar-refractivity contribution is -0.248. The maximum Gasteiger partial charge on any atom is 0.223 e. The Kier molecular flexibility index (Phi) is 6.79. The van der Waals surface area contributed by atoms with E-state index in [4.69, 9.17) is 14.2 Å². The van der Waals surface area contributed by atoms with Crippen LogP contribution in [0.4, 0.5) is 0 Å². The zero-order chi connectivity index (χ0) is 30.9. The van der Waals surface area contributed by atoms with Gasteiger partial charge < -0.3 is 24.2 Å². The molecule has 7 nitrogen and oxygen atoms in total. The number of fused-ring (bicyclic) bond motifs is 4. The first-order valence-corrected chi connectivity index (χ1v) is 18.2. The Labute approximate surface area is 264 Å². The molecule has 0 aromatic rings. The Bertz CT molecular complexity index is 1230. The van der Waals surface area contributed by atoms with Gasteiger partial charge in [0.25, 0.3) is 0 Å². The van der Waals surface area contributed by atoms with E-state index in [9.17, 15) is 15.2 Å². The zero-order valence-electron chi connectivity index (χ0n) is 27.9. The summed E-state index contributed by atoms with van der Waals surface area (Å²) in [5.74, 6) is 2.80. The van der Waals surface area contributed by atoms with Crippen LogP contribution < -0.4 is 0 Å². The number of hydrogen-bond acceptors (Lipinski definition) is 6. The number of morpholine rings is 1. The molecule has 6 aliphatic carbocycles. The van der Waals surface area contributed by atoms with Gasteiger partial charge in [0.15, 0.2) is 6.29 Å². The van der Waals surface area contributed by atoms with Crippen LogP contribution in [0.15, 0.2) is 0 Å². The summed E-state index contributed by atoms with van der Waals surface area (Å²) in [4.78, 5) is 14.8. The van der Waals surface area contributed by atoms with Crippen molar-refractivity contribution in [2.75, 3.05) is 19.7 Å². The third kappa shape index (κ3) is 3.90. The second-order valence-corrected chi connectivity index (χ2v) is 17.9. The maximum atomic E-state index is 12.9. The van der Waals surface area contributed by atoms with Gasteiger partial charge in [0.05, 0.1) is 50.1 Å². The number of hydrogen-bond donors (Lipinski definition) is 1. The summed E-state index contributed by atoms with van der Waals surface area (Å²) in [6, 6.07) is 2.33. The van der Waals surface area contributed by atoms with Crippen molar-refractivity contribution in [2.45, 2.75) is 142 Å². The summed E-state index contributed by atoms with van der Waals surface area (Å²) in [5.41, 5.74) is 0.560. The summed E-state index contributed by atoms with van der Waals surface area (Å²) in [6.45, 7) is 14.0. The third-order valence-electron chi connectivity index (χ3n) is 16.0. The second-order valence-electron chi connectivity index (χ2n) is 17.9. The SMILES string of the molecule is C[C@@H]1CC(CC#N)OC2[C@H]1[C@@]1(C)CCC34C[C@@]35CC[C@H](O[C@H]3CN(C(=O)CC6CC6)CCO3)C(C)(C)[C@@H]5CCC4[C@]1(C)[C@H]2O. The molecule has 2 spiro atoms. The molecule has 44 heavy (non-hydrogen) atoms. The van der Waals surface area contributed by atoms with Crippen molar-refractivity contribution in [2.24, 2.45) is 56.7 Å². The average molecular weight is 609 g/mol. The van der Waals surface area contributed by atoms with Crippen LogP contribution in [-0.2, 0) is 19.0 Å². The maximum absolute atomic E-state index is 12.9. The van der Waals surface area contributed by atoms with Gasteiger partial charge in [-0.3, -0.25) is 4.79 Å². The molecule has 8 rings (SSSR count). The Hall–Kier alpha value is -1.20. The predicted octanol–water partition coefficient (Wildman–Crippen LogP) is 6.08. The van der Waals surface area contributed by atoms with Gasteiger partial charge in [0.1, 0.15) is 0 Å². The van der Waals surface area contributed by atoms with E-state index in [0.717, 1.165) is 12.8 Å². The molecular formula is C37H56N2O5. The molecule has 4 unspecified atom stereocenters.